The summed E-state index contributed by atoms with van der Waals surface area (Å²) in [6.07, 6.45) is 7.36. The molecule has 0 N–H and O–H groups in total. The molecule has 0 spiro atoms. The van der Waals surface area contributed by atoms with Crippen molar-refractivity contribution in [3.8, 4) is 17.3 Å². The van der Waals surface area contributed by atoms with E-state index in [2.05, 4.69) is 4.98 Å². The fourth-order valence-electron chi connectivity index (χ4n) is 2.99. The van der Waals surface area contributed by atoms with Gasteiger partial charge in [0.15, 0.2) is 0 Å². The summed E-state index contributed by atoms with van der Waals surface area (Å²) in [7, 11) is 0. The lowest BCUT2D eigenvalue weighted by Gasteiger charge is -2.03. The van der Waals surface area contributed by atoms with E-state index in [1.54, 1.807) is 6.20 Å². The van der Waals surface area contributed by atoms with Gasteiger partial charge in [0, 0.05) is 35.8 Å². The predicted octanol–water partition coefficient (Wildman–Crippen LogP) is 5.16. The number of aromatic nitrogens is 3. The molecule has 2 aromatic heterocycles. The smallest absolute Gasteiger partial charge is 0.307 e. The first-order chi connectivity index (χ1) is 13.6. The predicted molar refractivity (Wildman–Crippen MR) is 108 cm³/mol. The van der Waals surface area contributed by atoms with E-state index in [-0.39, 0.29) is 5.97 Å². The van der Waals surface area contributed by atoms with Crippen LogP contribution in [-0.4, -0.2) is 27.1 Å². The number of carbonyl (C=O) groups excluding carboxylic acids is 1. The van der Waals surface area contributed by atoms with Crippen LogP contribution in [0.4, 0.5) is 0 Å². The third-order valence-corrected chi connectivity index (χ3v) is 4.68. The van der Waals surface area contributed by atoms with Crippen molar-refractivity contribution in [2.45, 2.75) is 46.0 Å². The average Bonchev–Trinajstić information content (AvgIpc) is 3.28. The van der Waals surface area contributed by atoms with Crippen LogP contribution >= 0.6 is 11.6 Å². The quantitative estimate of drug-likeness (QED) is 0.366. The molecule has 1 aromatic carbocycles. The van der Waals surface area contributed by atoms with Crippen LogP contribution in [0.25, 0.3) is 17.3 Å². The normalized spacial score (nSPS) is 11.0. The van der Waals surface area contributed by atoms with Crippen molar-refractivity contribution in [1.29, 1.82) is 0 Å². The van der Waals surface area contributed by atoms with Crippen molar-refractivity contribution in [2.75, 3.05) is 6.61 Å². The molecule has 0 unspecified atom stereocenters. The third kappa shape index (κ3) is 5.01. The Morgan fingerprint density at radius 2 is 2.00 bits per heavy atom. The Morgan fingerprint density at radius 3 is 2.68 bits per heavy atom. The van der Waals surface area contributed by atoms with Crippen molar-refractivity contribution >= 4 is 17.6 Å². The van der Waals surface area contributed by atoms with Gasteiger partial charge in [0.05, 0.1) is 6.61 Å². The first-order valence-electron chi connectivity index (χ1n) is 9.50. The molecule has 2 heterocycles. The summed E-state index contributed by atoms with van der Waals surface area (Å²) < 4.78 is 12.9. The van der Waals surface area contributed by atoms with Crippen LogP contribution in [0.2, 0.25) is 5.02 Å². The van der Waals surface area contributed by atoms with Crippen LogP contribution in [-0.2, 0) is 16.0 Å². The molecule has 7 heteroatoms. The van der Waals surface area contributed by atoms with Gasteiger partial charge in [-0.1, -0.05) is 30.2 Å². The van der Waals surface area contributed by atoms with Crippen molar-refractivity contribution < 1.29 is 13.9 Å². The summed E-state index contributed by atoms with van der Waals surface area (Å²) in [6.45, 7) is 4.15. The van der Waals surface area contributed by atoms with E-state index in [1.807, 2.05) is 48.9 Å². The Hall–Kier alpha value is -2.60. The van der Waals surface area contributed by atoms with Gasteiger partial charge in [-0.05, 0) is 38.8 Å². The van der Waals surface area contributed by atoms with Crippen molar-refractivity contribution in [2.24, 2.45) is 0 Å². The largest absolute Gasteiger partial charge is 0.466 e. The maximum Gasteiger partial charge on any atom is 0.307 e. The monoisotopic (exact) mass is 401 g/mol. The minimum atomic E-state index is -0.137. The number of benzene rings is 1. The van der Waals surface area contributed by atoms with Gasteiger partial charge in [0.2, 0.25) is 0 Å². The molecule has 0 aliphatic heterocycles. The zero-order chi connectivity index (χ0) is 19.9. The maximum absolute atomic E-state index is 11.4. The zero-order valence-corrected chi connectivity index (χ0v) is 16.9. The fourth-order valence-corrected chi connectivity index (χ4v) is 3.12. The Balaban J connectivity index is 1.73. The highest BCUT2D eigenvalue weighted by atomic mass is 35.5. The number of rotatable bonds is 9. The number of esters is 1. The summed E-state index contributed by atoms with van der Waals surface area (Å²) in [5.41, 5.74) is 1.77. The van der Waals surface area contributed by atoms with Gasteiger partial charge in [0.25, 0.3) is 0 Å². The molecule has 0 amide bonds. The molecule has 0 saturated heterocycles. The van der Waals surface area contributed by atoms with Gasteiger partial charge in [-0.25, -0.2) is 4.98 Å². The number of hydrogen-bond donors (Lipinski definition) is 0. The molecule has 3 rings (SSSR count). The molecule has 28 heavy (non-hydrogen) atoms. The molecule has 0 radical (unpaired) electrons. The highest BCUT2D eigenvalue weighted by Crippen LogP contribution is 2.28. The summed E-state index contributed by atoms with van der Waals surface area (Å²) in [5.74, 6) is 1.49. The summed E-state index contributed by atoms with van der Waals surface area (Å²) >= 11 is 6.02. The number of nitrogens with zero attached hydrogens (tertiary/aromatic N) is 3. The molecule has 0 aliphatic carbocycles. The average molecular weight is 402 g/mol. The minimum Gasteiger partial charge on any atom is -0.466 e. The second kappa shape index (κ2) is 9.55. The number of ether oxygens (including phenoxy) is 1. The first kappa shape index (κ1) is 20.1. The first-order valence-corrected chi connectivity index (χ1v) is 9.88. The SMILES string of the molecule is CCOC(=O)CCCCCc1oc(-n2ccnc2C)nc1-c1ccc(Cl)cc1. The molecule has 3 aromatic rings. The number of hydrogen-bond acceptors (Lipinski definition) is 5. The highest BCUT2D eigenvalue weighted by molar-refractivity contribution is 6.30. The van der Waals surface area contributed by atoms with Gasteiger partial charge >= 0.3 is 12.0 Å². The Morgan fingerprint density at radius 1 is 1.21 bits per heavy atom. The zero-order valence-electron chi connectivity index (χ0n) is 16.2. The lowest BCUT2D eigenvalue weighted by atomic mass is 10.1. The third-order valence-electron chi connectivity index (χ3n) is 4.43. The van der Waals surface area contributed by atoms with Crippen LogP contribution in [0, 0.1) is 6.92 Å². The second-order valence-electron chi connectivity index (χ2n) is 6.49. The van der Waals surface area contributed by atoms with Gasteiger partial charge < -0.3 is 9.15 Å². The maximum atomic E-state index is 11.4. The number of imidazole rings is 1. The molecule has 148 valence electrons. The summed E-state index contributed by atoms with van der Waals surface area (Å²) in [4.78, 5) is 20.4. The van der Waals surface area contributed by atoms with Gasteiger partial charge in [-0.15, -0.1) is 0 Å². The molecular weight excluding hydrogens is 378 g/mol. The topological polar surface area (TPSA) is 70.2 Å². The number of aryl methyl sites for hydroxylation is 2. The molecule has 0 saturated carbocycles. The lowest BCUT2D eigenvalue weighted by molar-refractivity contribution is -0.143. The van der Waals surface area contributed by atoms with E-state index in [4.69, 9.17) is 25.7 Å². The molecular formula is C21H24ClN3O3. The molecule has 0 bridgehead atoms. The van der Waals surface area contributed by atoms with Crippen LogP contribution in [0.5, 0.6) is 0 Å². The Bertz CT molecular complexity index is 915. The van der Waals surface area contributed by atoms with Gasteiger partial charge in [-0.2, -0.15) is 4.98 Å². The number of unbranched alkanes of at least 4 members (excludes halogenated alkanes) is 2. The number of halogens is 1. The molecule has 0 atom stereocenters. The van der Waals surface area contributed by atoms with Crippen molar-refractivity contribution in [3.05, 3.63) is 53.3 Å². The highest BCUT2D eigenvalue weighted by Gasteiger charge is 2.17. The van der Waals surface area contributed by atoms with E-state index in [9.17, 15) is 4.79 Å². The van der Waals surface area contributed by atoms with Crippen LogP contribution in [0.3, 0.4) is 0 Å². The van der Waals surface area contributed by atoms with Crippen molar-refractivity contribution in [3.63, 3.8) is 0 Å². The second-order valence-corrected chi connectivity index (χ2v) is 6.92. The number of carbonyl (C=O) groups is 1. The van der Waals surface area contributed by atoms with E-state index >= 15 is 0 Å². The molecule has 0 fully saturated rings. The van der Waals surface area contributed by atoms with Gasteiger partial charge in [-0.3, -0.25) is 9.36 Å². The van der Waals surface area contributed by atoms with E-state index < -0.39 is 0 Å². The fraction of sp³-hybridized carbons (Fsp3) is 0.381. The minimum absolute atomic E-state index is 0.137. The Kier molecular flexibility index (Phi) is 6.87. The molecule has 6 nitrogen and oxygen atoms in total. The van der Waals surface area contributed by atoms with E-state index in [0.29, 0.717) is 24.1 Å². The van der Waals surface area contributed by atoms with Crippen LogP contribution in [0.15, 0.2) is 41.1 Å². The van der Waals surface area contributed by atoms with Crippen LogP contribution in [0.1, 0.15) is 44.2 Å². The van der Waals surface area contributed by atoms with Crippen LogP contribution < -0.4 is 0 Å². The van der Waals surface area contributed by atoms with Gasteiger partial charge in [0.1, 0.15) is 17.3 Å². The number of oxazole rings is 1. The van der Waals surface area contributed by atoms with E-state index in [1.165, 1.54) is 0 Å². The molecule has 0 aliphatic rings. The standard InChI is InChI=1S/C21H24ClN3O3/c1-3-27-19(26)8-6-4-5-7-18-20(16-9-11-17(22)12-10-16)24-21(28-18)25-14-13-23-15(25)2/h9-14H,3-8H2,1-2H3. The summed E-state index contributed by atoms with van der Waals surface area (Å²) in [5, 5.41) is 0.679. The lowest BCUT2D eigenvalue weighted by Crippen LogP contribution is -2.03. The summed E-state index contributed by atoms with van der Waals surface area (Å²) in [6, 6.07) is 8.07. The van der Waals surface area contributed by atoms with E-state index in [0.717, 1.165) is 48.5 Å². The van der Waals surface area contributed by atoms with Crippen molar-refractivity contribution in [1.82, 2.24) is 14.5 Å². The Labute approximate surface area is 169 Å².